The molecule has 1 amide bonds. The standard InChI is InChI=1S/C8H17NO2/c1-6(2)9-7(10)11-8(3,4)5/h6H,1-5H3,(H,9,10). The van der Waals surface area contributed by atoms with Gasteiger partial charge in [-0.3, -0.25) is 0 Å². The first-order valence-corrected chi connectivity index (χ1v) is 3.81. The molecule has 0 atom stereocenters. The molecule has 0 saturated heterocycles. The Bertz CT molecular complexity index is 136. The Morgan fingerprint density at radius 3 is 2.09 bits per heavy atom. The molecule has 0 fully saturated rings. The van der Waals surface area contributed by atoms with Gasteiger partial charge in [-0.1, -0.05) is 0 Å². The van der Waals surface area contributed by atoms with Crippen LogP contribution in [0.5, 0.6) is 0 Å². The van der Waals surface area contributed by atoms with Crippen LogP contribution >= 0.6 is 0 Å². The maximum absolute atomic E-state index is 10.9. The van der Waals surface area contributed by atoms with Crippen molar-refractivity contribution in [1.82, 2.24) is 5.32 Å². The van der Waals surface area contributed by atoms with Gasteiger partial charge in [-0.15, -0.1) is 0 Å². The Morgan fingerprint density at radius 1 is 1.36 bits per heavy atom. The second-order valence-corrected chi connectivity index (χ2v) is 3.80. The van der Waals surface area contributed by atoms with Crippen LogP contribution in [0, 0.1) is 0 Å². The van der Waals surface area contributed by atoms with Gasteiger partial charge in [0.25, 0.3) is 0 Å². The molecule has 0 bridgehead atoms. The molecular formula is C8H17NO2. The SMILES string of the molecule is CC(C)NC(=O)OC(C)(C)C. The van der Waals surface area contributed by atoms with Crippen molar-refractivity contribution in [2.75, 3.05) is 0 Å². The van der Waals surface area contributed by atoms with Crippen molar-refractivity contribution < 1.29 is 9.53 Å². The summed E-state index contributed by atoms with van der Waals surface area (Å²) in [7, 11) is 0. The second kappa shape index (κ2) is 3.60. The fourth-order valence-corrected chi connectivity index (χ4v) is 0.543. The molecule has 0 rings (SSSR count). The fourth-order valence-electron chi connectivity index (χ4n) is 0.543. The van der Waals surface area contributed by atoms with Crippen LogP contribution in [0.1, 0.15) is 34.6 Å². The average molecular weight is 159 g/mol. The Balaban J connectivity index is 3.71. The molecule has 0 aliphatic carbocycles. The monoisotopic (exact) mass is 159 g/mol. The van der Waals surface area contributed by atoms with Gasteiger partial charge in [0.2, 0.25) is 0 Å². The van der Waals surface area contributed by atoms with Crippen molar-refractivity contribution in [2.45, 2.75) is 46.3 Å². The smallest absolute Gasteiger partial charge is 0.407 e. The van der Waals surface area contributed by atoms with Crippen LogP contribution < -0.4 is 5.32 Å². The molecule has 11 heavy (non-hydrogen) atoms. The minimum absolute atomic E-state index is 0.129. The molecule has 3 heteroatoms. The largest absolute Gasteiger partial charge is 0.444 e. The van der Waals surface area contributed by atoms with E-state index in [-0.39, 0.29) is 12.1 Å². The predicted octanol–water partition coefficient (Wildman–Crippen LogP) is 1.92. The molecule has 0 unspecified atom stereocenters. The molecule has 0 aromatic carbocycles. The summed E-state index contributed by atoms with van der Waals surface area (Å²) < 4.78 is 5.00. The first-order valence-electron chi connectivity index (χ1n) is 3.81. The summed E-state index contributed by atoms with van der Waals surface area (Å²) in [4.78, 5) is 10.9. The van der Waals surface area contributed by atoms with E-state index in [2.05, 4.69) is 5.32 Å². The van der Waals surface area contributed by atoms with Gasteiger partial charge in [0, 0.05) is 6.04 Å². The molecule has 66 valence electrons. The highest BCUT2D eigenvalue weighted by Crippen LogP contribution is 2.06. The van der Waals surface area contributed by atoms with E-state index in [1.165, 1.54) is 0 Å². The maximum atomic E-state index is 10.9. The van der Waals surface area contributed by atoms with Gasteiger partial charge in [0.15, 0.2) is 0 Å². The van der Waals surface area contributed by atoms with Crippen molar-refractivity contribution in [1.29, 1.82) is 0 Å². The van der Waals surface area contributed by atoms with Gasteiger partial charge in [-0.2, -0.15) is 0 Å². The summed E-state index contributed by atoms with van der Waals surface area (Å²) in [5.74, 6) is 0. The molecule has 0 saturated carbocycles. The van der Waals surface area contributed by atoms with Gasteiger partial charge in [0.05, 0.1) is 0 Å². The highest BCUT2D eigenvalue weighted by Gasteiger charge is 2.15. The number of carbonyl (C=O) groups excluding carboxylic acids is 1. The van der Waals surface area contributed by atoms with Crippen LogP contribution in [0.3, 0.4) is 0 Å². The fraction of sp³-hybridized carbons (Fsp3) is 0.875. The molecule has 0 aromatic rings. The summed E-state index contributed by atoms with van der Waals surface area (Å²) in [5, 5.41) is 2.64. The van der Waals surface area contributed by atoms with Gasteiger partial charge < -0.3 is 10.1 Å². The van der Waals surface area contributed by atoms with E-state index in [9.17, 15) is 4.79 Å². The second-order valence-electron chi connectivity index (χ2n) is 3.80. The van der Waals surface area contributed by atoms with Crippen molar-refractivity contribution in [3.63, 3.8) is 0 Å². The summed E-state index contributed by atoms with van der Waals surface area (Å²) in [6, 6.07) is 0.129. The van der Waals surface area contributed by atoms with Crippen LogP contribution in [0.4, 0.5) is 4.79 Å². The van der Waals surface area contributed by atoms with E-state index < -0.39 is 5.60 Å². The van der Waals surface area contributed by atoms with Crippen LogP contribution in [-0.2, 0) is 4.74 Å². The zero-order chi connectivity index (χ0) is 9.07. The van der Waals surface area contributed by atoms with Crippen LogP contribution in [0.25, 0.3) is 0 Å². The lowest BCUT2D eigenvalue weighted by Gasteiger charge is -2.20. The topological polar surface area (TPSA) is 38.3 Å². The number of amides is 1. The molecule has 1 N–H and O–H groups in total. The number of hydrogen-bond donors (Lipinski definition) is 1. The Morgan fingerprint density at radius 2 is 1.82 bits per heavy atom. The minimum Gasteiger partial charge on any atom is -0.444 e. The Labute approximate surface area is 68.1 Å². The lowest BCUT2D eigenvalue weighted by molar-refractivity contribution is 0.0512. The number of nitrogens with one attached hydrogen (secondary N) is 1. The van der Waals surface area contributed by atoms with Crippen LogP contribution in [0.2, 0.25) is 0 Å². The molecule has 3 nitrogen and oxygen atoms in total. The third-order valence-electron chi connectivity index (χ3n) is 0.805. The average Bonchev–Trinajstić information content (AvgIpc) is 1.53. The summed E-state index contributed by atoms with van der Waals surface area (Å²) in [6.45, 7) is 9.31. The molecule has 0 heterocycles. The van der Waals surface area contributed by atoms with Gasteiger partial charge in [-0.25, -0.2) is 4.79 Å². The Kier molecular flexibility index (Phi) is 3.36. The minimum atomic E-state index is -0.404. The summed E-state index contributed by atoms with van der Waals surface area (Å²) >= 11 is 0. The highest BCUT2D eigenvalue weighted by atomic mass is 16.6. The van der Waals surface area contributed by atoms with E-state index in [0.717, 1.165) is 0 Å². The predicted molar refractivity (Wildman–Crippen MR) is 44.5 cm³/mol. The zero-order valence-electron chi connectivity index (χ0n) is 7.89. The molecule has 0 spiro atoms. The zero-order valence-corrected chi connectivity index (χ0v) is 7.89. The lowest BCUT2D eigenvalue weighted by atomic mass is 10.2. The number of carbonyl (C=O) groups is 1. The van der Waals surface area contributed by atoms with Crippen molar-refractivity contribution in [2.24, 2.45) is 0 Å². The third-order valence-corrected chi connectivity index (χ3v) is 0.805. The normalized spacial score (nSPS) is 11.5. The van der Waals surface area contributed by atoms with Gasteiger partial charge in [-0.05, 0) is 34.6 Å². The molecule has 0 aliphatic rings. The maximum Gasteiger partial charge on any atom is 0.407 e. The number of rotatable bonds is 1. The van der Waals surface area contributed by atoms with Crippen LogP contribution in [-0.4, -0.2) is 17.7 Å². The van der Waals surface area contributed by atoms with Gasteiger partial charge >= 0.3 is 6.09 Å². The number of ether oxygens (including phenoxy) is 1. The quantitative estimate of drug-likeness (QED) is 0.634. The van der Waals surface area contributed by atoms with Crippen LogP contribution in [0.15, 0.2) is 0 Å². The van der Waals surface area contributed by atoms with Crippen molar-refractivity contribution in [3.8, 4) is 0 Å². The first kappa shape index (κ1) is 10.3. The number of hydrogen-bond acceptors (Lipinski definition) is 2. The van der Waals surface area contributed by atoms with E-state index >= 15 is 0 Å². The van der Waals surface area contributed by atoms with E-state index in [1.54, 1.807) is 0 Å². The highest BCUT2D eigenvalue weighted by molar-refractivity contribution is 5.67. The van der Waals surface area contributed by atoms with E-state index in [1.807, 2.05) is 34.6 Å². The van der Waals surface area contributed by atoms with Crippen molar-refractivity contribution >= 4 is 6.09 Å². The van der Waals surface area contributed by atoms with Gasteiger partial charge in [0.1, 0.15) is 5.60 Å². The summed E-state index contributed by atoms with van der Waals surface area (Å²) in [5.41, 5.74) is -0.404. The third kappa shape index (κ3) is 7.16. The number of alkyl carbamates (subject to hydrolysis) is 1. The van der Waals surface area contributed by atoms with E-state index in [4.69, 9.17) is 4.74 Å². The Hall–Kier alpha value is -0.730. The van der Waals surface area contributed by atoms with E-state index in [0.29, 0.717) is 0 Å². The molecule has 0 radical (unpaired) electrons. The molecule has 0 aliphatic heterocycles. The lowest BCUT2D eigenvalue weighted by Crippen LogP contribution is -2.36. The summed E-state index contributed by atoms with van der Waals surface area (Å²) in [6.07, 6.45) is -0.354. The van der Waals surface area contributed by atoms with Crippen molar-refractivity contribution in [3.05, 3.63) is 0 Å². The molecule has 0 aromatic heterocycles. The molecular weight excluding hydrogens is 142 g/mol. The first-order chi connectivity index (χ1) is 4.81.